The Morgan fingerprint density at radius 2 is 2.00 bits per heavy atom. The average molecular weight is 274 g/mol. The van der Waals surface area contributed by atoms with Crippen LogP contribution in [0, 0.1) is 5.92 Å². The number of pyridine rings is 1. The molecule has 1 N–H and O–H groups in total. The summed E-state index contributed by atoms with van der Waals surface area (Å²) in [7, 11) is 0. The van der Waals surface area contributed by atoms with Crippen LogP contribution in [0.4, 0.5) is 13.2 Å². The molecule has 3 nitrogen and oxygen atoms in total. The summed E-state index contributed by atoms with van der Waals surface area (Å²) >= 11 is 0. The van der Waals surface area contributed by atoms with Crippen LogP contribution in [0.25, 0.3) is 0 Å². The molecule has 0 saturated heterocycles. The predicted octanol–water partition coefficient (Wildman–Crippen LogP) is 3.26. The second-order valence-corrected chi connectivity index (χ2v) is 4.58. The van der Waals surface area contributed by atoms with Gasteiger partial charge in [0.2, 0.25) is 0 Å². The standard InChI is InChI=1S/C13H17F3N2O/c1-4-8(2)9(3)18-12(19)10-5-6-11(17-7-10)13(14,15)16/h5-9H,4H2,1-3H3,(H,18,19)/t8-,9-/m0/s1. The molecular formula is C13H17F3N2O. The molecule has 19 heavy (non-hydrogen) atoms. The van der Waals surface area contributed by atoms with Gasteiger partial charge in [0.1, 0.15) is 5.69 Å². The third-order valence-corrected chi connectivity index (χ3v) is 3.17. The molecule has 0 aromatic carbocycles. The molecule has 1 heterocycles. The molecule has 106 valence electrons. The summed E-state index contributed by atoms with van der Waals surface area (Å²) in [6, 6.07) is 1.90. The Morgan fingerprint density at radius 1 is 1.37 bits per heavy atom. The summed E-state index contributed by atoms with van der Waals surface area (Å²) in [5.74, 6) is -0.111. The van der Waals surface area contributed by atoms with E-state index in [4.69, 9.17) is 0 Å². The number of rotatable bonds is 4. The molecule has 0 aliphatic heterocycles. The van der Waals surface area contributed by atoms with Crippen LogP contribution in [0.1, 0.15) is 43.2 Å². The Hall–Kier alpha value is -1.59. The Morgan fingerprint density at radius 3 is 2.42 bits per heavy atom. The third-order valence-electron chi connectivity index (χ3n) is 3.17. The van der Waals surface area contributed by atoms with E-state index in [2.05, 4.69) is 10.3 Å². The average Bonchev–Trinajstić information content (AvgIpc) is 2.36. The van der Waals surface area contributed by atoms with Crippen LogP contribution in [-0.2, 0) is 6.18 Å². The quantitative estimate of drug-likeness (QED) is 0.915. The Labute approximate surface area is 110 Å². The van der Waals surface area contributed by atoms with Crippen LogP contribution in [0.15, 0.2) is 18.3 Å². The minimum Gasteiger partial charge on any atom is -0.349 e. The number of hydrogen-bond donors (Lipinski definition) is 1. The molecule has 0 unspecified atom stereocenters. The van der Waals surface area contributed by atoms with E-state index in [1.165, 1.54) is 0 Å². The van der Waals surface area contributed by atoms with Gasteiger partial charge in [-0.15, -0.1) is 0 Å². The van der Waals surface area contributed by atoms with Gasteiger partial charge in [0, 0.05) is 12.2 Å². The van der Waals surface area contributed by atoms with Gasteiger partial charge < -0.3 is 5.32 Å². The number of halogens is 3. The molecular weight excluding hydrogens is 257 g/mol. The lowest BCUT2D eigenvalue weighted by atomic mass is 10.0. The zero-order chi connectivity index (χ0) is 14.6. The SMILES string of the molecule is CC[C@H](C)[C@H](C)NC(=O)c1ccc(C(F)(F)F)nc1. The van der Waals surface area contributed by atoms with E-state index in [0.717, 1.165) is 24.8 Å². The van der Waals surface area contributed by atoms with Crippen molar-refractivity contribution < 1.29 is 18.0 Å². The highest BCUT2D eigenvalue weighted by molar-refractivity contribution is 5.94. The molecule has 0 fully saturated rings. The minimum atomic E-state index is -4.49. The Bertz CT molecular complexity index is 429. The number of carbonyl (C=O) groups excluding carboxylic acids is 1. The largest absolute Gasteiger partial charge is 0.433 e. The summed E-state index contributed by atoms with van der Waals surface area (Å²) in [6.45, 7) is 5.87. The van der Waals surface area contributed by atoms with Gasteiger partial charge in [-0.1, -0.05) is 20.3 Å². The number of aromatic nitrogens is 1. The van der Waals surface area contributed by atoms with Gasteiger partial charge in [-0.3, -0.25) is 9.78 Å². The van der Waals surface area contributed by atoms with Gasteiger partial charge in [-0.05, 0) is 25.0 Å². The molecule has 0 saturated carbocycles. The maximum absolute atomic E-state index is 12.3. The highest BCUT2D eigenvalue weighted by Crippen LogP contribution is 2.27. The van der Waals surface area contributed by atoms with Gasteiger partial charge >= 0.3 is 6.18 Å². The minimum absolute atomic E-state index is 0.0419. The van der Waals surface area contributed by atoms with Crippen LogP contribution in [0.2, 0.25) is 0 Å². The molecule has 0 bridgehead atoms. The maximum atomic E-state index is 12.3. The molecule has 0 aliphatic carbocycles. The van der Waals surface area contributed by atoms with E-state index in [1.54, 1.807) is 0 Å². The lowest BCUT2D eigenvalue weighted by molar-refractivity contribution is -0.141. The van der Waals surface area contributed by atoms with Crippen LogP contribution < -0.4 is 5.32 Å². The summed E-state index contributed by atoms with van der Waals surface area (Å²) in [5, 5.41) is 2.74. The normalized spacial score (nSPS) is 14.8. The van der Waals surface area contributed by atoms with Gasteiger partial charge in [-0.2, -0.15) is 13.2 Å². The van der Waals surface area contributed by atoms with Crippen molar-refractivity contribution in [3.05, 3.63) is 29.6 Å². The molecule has 1 aromatic heterocycles. The first-order valence-electron chi connectivity index (χ1n) is 6.09. The number of nitrogens with one attached hydrogen (secondary N) is 1. The summed E-state index contributed by atoms with van der Waals surface area (Å²) in [4.78, 5) is 15.1. The van der Waals surface area contributed by atoms with Gasteiger partial charge in [0.15, 0.2) is 0 Å². The zero-order valence-corrected chi connectivity index (χ0v) is 11.1. The van der Waals surface area contributed by atoms with E-state index in [-0.39, 0.29) is 11.6 Å². The lowest BCUT2D eigenvalue weighted by Gasteiger charge is -2.19. The summed E-state index contributed by atoms with van der Waals surface area (Å²) in [5.41, 5.74) is -0.873. The number of carbonyl (C=O) groups is 1. The second-order valence-electron chi connectivity index (χ2n) is 4.58. The van der Waals surface area contributed by atoms with Crippen molar-refractivity contribution in [3.63, 3.8) is 0 Å². The van der Waals surface area contributed by atoms with E-state index < -0.39 is 17.8 Å². The predicted molar refractivity (Wildman–Crippen MR) is 65.6 cm³/mol. The van der Waals surface area contributed by atoms with Crippen molar-refractivity contribution in [2.24, 2.45) is 5.92 Å². The van der Waals surface area contributed by atoms with E-state index >= 15 is 0 Å². The fraction of sp³-hybridized carbons (Fsp3) is 0.538. The number of hydrogen-bond acceptors (Lipinski definition) is 2. The first-order chi connectivity index (χ1) is 8.75. The first kappa shape index (κ1) is 15.5. The molecule has 1 aromatic rings. The fourth-order valence-corrected chi connectivity index (χ4v) is 1.48. The third kappa shape index (κ3) is 4.22. The maximum Gasteiger partial charge on any atom is 0.433 e. The second kappa shape index (κ2) is 6.04. The number of nitrogens with zero attached hydrogens (tertiary/aromatic N) is 1. The molecule has 6 heteroatoms. The fourth-order valence-electron chi connectivity index (χ4n) is 1.48. The lowest BCUT2D eigenvalue weighted by Crippen LogP contribution is -2.37. The topological polar surface area (TPSA) is 42.0 Å². The zero-order valence-electron chi connectivity index (χ0n) is 11.1. The van der Waals surface area contributed by atoms with Crippen LogP contribution in [-0.4, -0.2) is 16.9 Å². The molecule has 2 atom stereocenters. The van der Waals surface area contributed by atoms with E-state index in [1.807, 2.05) is 20.8 Å². The molecule has 0 aliphatic rings. The highest BCUT2D eigenvalue weighted by atomic mass is 19.4. The Balaban J connectivity index is 2.74. The van der Waals surface area contributed by atoms with Crippen molar-refractivity contribution in [2.75, 3.05) is 0 Å². The van der Waals surface area contributed by atoms with Crippen molar-refractivity contribution in [3.8, 4) is 0 Å². The summed E-state index contributed by atoms with van der Waals surface area (Å²) < 4.78 is 37.0. The molecule has 1 rings (SSSR count). The van der Waals surface area contributed by atoms with Gasteiger partial charge in [0.25, 0.3) is 5.91 Å². The van der Waals surface area contributed by atoms with Crippen LogP contribution in [0.5, 0.6) is 0 Å². The van der Waals surface area contributed by atoms with Gasteiger partial charge in [-0.25, -0.2) is 0 Å². The number of amides is 1. The summed E-state index contributed by atoms with van der Waals surface area (Å²) in [6.07, 6.45) is -2.63. The smallest absolute Gasteiger partial charge is 0.349 e. The van der Waals surface area contributed by atoms with Crippen LogP contribution >= 0.6 is 0 Å². The van der Waals surface area contributed by atoms with Crippen LogP contribution in [0.3, 0.4) is 0 Å². The van der Waals surface area contributed by atoms with Crippen molar-refractivity contribution >= 4 is 5.91 Å². The van der Waals surface area contributed by atoms with Crippen molar-refractivity contribution in [1.82, 2.24) is 10.3 Å². The van der Waals surface area contributed by atoms with E-state index in [0.29, 0.717) is 5.92 Å². The molecule has 1 amide bonds. The highest BCUT2D eigenvalue weighted by Gasteiger charge is 2.32. The Kier molecular flexibility index (Phi) is 4.91. The van der Waals surface area contributed by atoms with E-state index in [9.17, 15) is 18.0 Å². The molecule has 0 radical (unpaired) electrons. The molecule has 0 spiro atoms. The number of alkyl halides is 3. The van der Waals surface area contributed by atoms with Crippen molar-refractivity contribution in [2.45, 2.75) is 39.4 Å². The van der Waals surface area contributed by atoms with Gasteiger partial charge in [0.05, 0.1) is 5.56 Å². The first-order valence-corrected chi connectivity index (χ1v) is 6.09. The van der Waals surface area contributed by atoms with Crippen molar-refractivity contribution in [1.29, 1.82) is 0 Å². The monoisotopic (exact) mass is 274 g/mol.